The third-order valence-electron chi connectivity index (χ3n) is 6.66. The van der Waals surface area contributed by atoms with E-state index in [0.29, 0.717) is 17.9 Å². The summed E-state index contributed by atoms with van der Waals surface area (Å²) in [6.07, 6.45) is 8.21. The van der Waals surface area contributed by atoms with E-state index in [9.17, 15) is 9.59 Å². The van der Waals surface area contributed by atoms with E-state index in [2.05, 4.69) is 39.5 Å². The molecule has 2 fully saturated rings. The Labute approximate surface area is 162 Å². The molecule has 2 aliphatic heterocycles. The van der Waals surface area contributed by atoms with Crippen LogP contribution >= 0.6 is 0 Å². The molecular formula is C22H32O5. The number of epoxide rings is 1. The number of esters is 2. The number of carbonyl (C=O) groups is 2. The lowest BCUT2D eigenvalue weighted by Crippen LogP contribution is -2.42. The summed E-state index contributed by atoms with van der Waals surface area (Å²) >= 11 is 0. The summed E-state index contributed by atoms with van der Waals surface area (Å²) < 4.78 is 17.4. The van der Waals surface area contributed by atoms with Crippen LogP contribution in [0.25, 0.3) is 0 Å². The molecule has 5 nitrogen and oxygen atoms in total. The summed E-state index contributed by atoms with van der Waals surface area (Å²) in [7, 11) is 0. The van der Waals surface area contributed by atoms with E-state index in [4.69, 9.17) is 14.2 Å². The van der Waals surface area contributed by atoms with Crippen LogP contribution in [-0.4, -0.2) is 35.9 Å². The van der Waals surface area contributed by atoms with Gasteiger partial charge in [-0.1, -0.05) is 32.6 Å². The number of hydrogen-bond acceptors (Lipinski definition) is 5. The third-order valence-corrected chi connectivity index (χ3v) is 6.66. The first-order valence-corrected chi connectivity index (χ1v) is 10.1. The van der Waals surface area contributed by atoms with Crippen LogP contribution in [0, 0.1) is 17.8 Å². The summed E-state index contributed by atoms with van der Waals surface area (Å²) in [5.74, 6) is -0.502. The number of rotatable bonds is 1. The zero-order valence-corrected chi connectivity index (χ0v) is 16.9. The van der Waals surface area contributed by atoms with E-state index >= 15 is 0 Å². The van der Waals surface area contributed by atoms with Gasteiger partial charge >= 0.3 is 11.9 Å². The Balaban J connectivity index is 1.89. The van der Waals surface area contributed by atoms with Gasteiger partial charge in [0, 0.05) is 18.4 Å². The van der Waals surface area contributed by atoms with Crippen molar-refractivity contribution in [1.82, 2.24) is 0 Å². The fraction of sp³-hybridized carbons (Fsp3) is 0.727. The Kier molecular flexibility index (Phi) is 5.80. The third kappa shape index (κ3) is 4.29. The molecule has 0 aromatic carbocycles. The highest BCUT2D eigenvalue weighted by Crippen LogP contribution is 2.48. The molecule has 2 saturated heterocycles. The molecule has 7 atom stereocenters. The Bertz CT molecular complexity index is 639. The first-order valence-electron chi connectivity index (χ1n) is 10.1. The van der Waals surface area contributed by atoms with Crippen molar-refractivity contribution >= 4 is 11.9 Å². The Morgan fingerprint density at radius 1 is 1.30 bits per heavy atom. The number of hydrogen-bond donors (Lipinski definition) is 0. The Hall–Kier alpha value is -1.62. The summed E-state index contributed by atoms with van der Waals surface area (Å²) in [4.78, 5) is 24.1. The second-order valence-electron chi connectivity index (χ2n) is 8.65. The lowest BCUT2D eigenvalue weighted by Gasteiger charge is -2.34. The van der Waals surface area contributed by atoms with Crippen LogP contribution in [0.15, 0.2) is 24.3 Å². The molecule has 0 aromatic rings. The van der Waals surface area contributed by atoms with Gasteiger partial charge in [0.05, 0.1) is 11.7 Å². The molecule has 1 aliphatic carbocycles. The first-order chi connectivity index (χ1) is 12.7. The topological polar surface area (TPSA) is 65.1 Å². The van der Waals surface area contributed by atoms with E-state index in [1.807, 2.05) is 0 Å². The zero-order valence-electron chi connectivity index (χ0n) is 16.9. The standard InChI is InChI=1S/C22H32O5/c1-13-10-8-6-7-9-11-22(5)18(27-22)12-17-15(3)21(24)26-20(17)19(14(13)2)25-16(4)23/h6-7,13-14,17-20H,3,8-12H2,1-2,4-5H3/b7-6+/t13?,14-,17-,18-,19+,20+,22+/m0/s1. The van der Waals surface area contributed by atoms with Gasteiger partial charge < -0.3 is 14.2 Å². The molecule has 0 saturated carbocycles. The van der Waals surface area contributed by atoms with E-state index in [1.54, 1.807) is 0 Å². The molecule has 0 radical (unpaired) electrons. The van der Waals surface area contributed by atoms with Gasteiger partial charge in [-0.25, -0.2) is 4.79 Å². The number of carbonyl (C=O) groups excluding carboxylic acids is 2. The predicted octanol–water partition coefficient (Wildman–Crippen LogP) is 3.97. The number of allylic oxidation sites excluding steroid dienone is 2. The highest BCUT2D eigenvalue weighted by atomic mass is 16.6. The highest BCUT2D eigenvalue weighted by molar-refractivity contribution is 5.91. The minimum Gasteiger partial charge on any atom is -0.458 e. The molecule has 3 rings (SSSR count). The van der Waals surface area contributed by atoms with Gasteiger partial charge in [0.25, 0.3) is 0 Å². The second-order valence-corrected chi connectivity index (χ2v) is 8.65. The van der Waals surface area contributed by atoms with Crippen LogP contribution in [-0.2, 0) is 23.8 Å². The summed E-state index contributed by atoms with van der Waals surface area (Å²) in [5, 5.41) is 0. The van der Waals surface area contributed by atoms with Gasteiger partial charge in [-0.05, 0) is 50.9 Å². The fourth-order valence-corrected chi connectivity index (χ4v) is 4.46. The van der Waals surface area contributed by atoms with Gasteiger partial charge in [0.1, 0.15) is 12.2 Å². The van der Waals surface area contributed by atoms with E-state index in [1.165, 1.54) is 6.92 Å². The van der Waals surface area contributed by atoms with E-state index in [-0.39, 0.29) is 35.5 Å². The van der Waals surface area contributed by atoms with Crippen molar-refractivity contribution in [2.45, 2.75) is 83.7 Å². The van der Waals surface area contributed by atoms with Crippen LogP contribution in [0.3, 0.4) is 0 Å². The molecule has 5 heteroatoms. The van der Waals surface area contributed by atoms with Crippen LogP contribution in [0.4, 0.5) is 0 Å². The molecule has 150 valence electrons. The molecule has 0 N–H and O–H groups in total. The molecule has 0 spiro atoms. The number of fused-ring (bicyclic) bond motifs is 2. The lowest BCUT2D eigenvalue weighted by molar-refractivity contribution is -0.167. The monoisotopic (exact) mass is 376 g/mol. The SMILES string of the molecule is C=C1C(=O)O[C@H]2[C@H](OC(C)=O)[C@@H](C)C(C)CC/C=C/CC[C@@]3(C)O[C@H]3C[C@@H]12. The average molecular weight is 376 g/mol. The van der Waals surface area contributed by atoms with Crippen molar-refractivity contribution < 1.29 is 23.8 Å². The average Bonchev–Trinajstić information content (AvgIpc) is 3.16. The lowest BCUT2D eigenvalue weighted by atomic mass is 9.78. The molecule has 0 aromatic heterocycles. The quantitative estimate of drug-likeness (QED) is 0.300. The maximum absolute atomic E-state index is 12.3. The van der Waals surface area contributed by atoms with Crippen LogP contribution in [0.5, 0.6) is 0 Å². The maximum Gasteiger partial charge on any atom is 0.334 e. The van der Waals surface area contributed by atoms with Crippen molar-refractivity contribution in [1.29, 1.82) is 0 Å². The van der Waals surface area contributed by atoms with Gasteiger partial charge in [-0.3, -0.25) is 4.79 Å². The second kappa shape index (κ2) is 7.78. The largest absolute Gasteiger partial charge is 0.458 e. The summed E-state index contributed by atoms with van der Waals surface area (Å²) in [5.41, 5.74) is 0.322. The van der Waals surface area contributed by atoms with Crippen molar-refractivity contribution in [3.63, 3.8) is 0 Å². The fourth-order valence-electron chi connectivity index (χ4n) is 4.46. The maximum atomic E-state index is 12.3. The summed E-state index contributed by atoms with van der Waals surface area (Å²) in [6.45, 7) is 11.8. The molecule has 1 unspecified atom stereocenters. The molecule has 3 aliphatic rings. The van der Waals surface area contributed by atoms with E-state index in [0.717, 1.165) is 25.7 Å². The Morgan fingerprint density at radius 2 is 2.00 bits per heavy atom. The van der Waals surface area contributed by atoms with Gasteiger partial charge in [-0.15, -0.1) is 0 Å². The predicted molar refractivity (Wildman–Crippen MR) is 102 cm³/mol. The smallest absolute Gasteiger partial charge is 0.334 e. The van der Waals surface area contributed by atoms with Crippen LogP contribution < -0.4 is 0 Å². The highest BCUT2D eigenvalue weighted by Gasteiger charge is 2.56. The zero-order chi connectivity index (χ0) is 19.8. The first kappa shape index (κ1) is 20.1. The van der Waals surface area contributed by atoms with Gasteiger partial charge in [0.2, 0.25) is 0 Å². The minimum atomic E-state index is -0.488. The summed E-state index contributed by atoms with van der Waals surface area (Å²) in [6, 6.07) is 0. The van der Waals surface area contributed by atoms with Crippen molar-refractivity contribution in [3.05, 3.63) is 24.3 Å². The van der Waals surface area contributed by atoms with Crippen LogP contribution in [0.1, 0.15) is 59.8 Å². The molecule has 0 bridgehead atoms. The van der Waals surface area contributed by atoms with Gasteiger partial charge in [0.15, 0.2) is 0 Å². The van der Waals surface area contributed by atoms with Gasteiger partial charge in [-0.2, -0.15) is 0 Å². The van der Waals surface area contributed by atoms with Crippen LogP contribution in [0.2, 0.25) is 0 Å². The van der Waals surface area contributed by atoms with Crippen molar-refractivity contribution in [3.8, 4) is 0 Å². The molecule has 27 heavy (non-hydrogen) atoms. The van der Waals surface area contributed by atoms with E-state index < -0.39 is 12.2 Å². The number of ether oxygens (including phenoxy) is 3. The molecule has 2 heterocycles. The Morgan fingerprint density at radius 3 is 2.70 bits per heavy atom. The van der Waals surface area contributed by atoms with Crippen molar-refractivity contribution in [2.75, 3.05) is 0 Å². The van der Waals surface area contributed by atoms with Crippen molar-refractivity contribution in [2.24, 2.45) is 17.8 Å². The normalized spacial score (nSPS) is 43.7. The molecule has 0 amide bonds. The minimum absolute atomic E-state index is 0.0722. The molecular weight excluding hydrogens is 344 g/mol.